The molecule has 0 saturated heterocycles. The van der Waals surface area contributed by atoms with Crippen LogP contribution in [0.5, 0.6) is 0 Å². The van der Waals surface area contributed by atoms with Crippen molar-refractivity contribution in [3.8, 4) is 0 Å². The van der Waals surface area contributed by atoms with Crippen molar-refractivity contribution in [2.45, 2.75) is 74.7 Å². The summed E-state index contributed by atoms with van der Waals surface area (Å²) >= 11 is 0. The van der Waals surface area contributed by atoms with Crippen molar-refractivity contribution in [3.05, 3.63) is 71.8 Å². The first-order chi connectivity index (χ1) is 11.3. The molecule has 0 amide bonds. The number of hydrogen-bond donors (Lipinski definition) is 0. The Morgan fingerprint density at radius 2 is 1.39 bits per heavy atom. The molecule has 23 heavy (non-hydrogen) atoms. The van der Waals surface area contributed by atoms with E-state index in [4.69, 9.17) is 0 Å². The van der Waals surface area contributed by atoms with Gasteiger partial charge < -0.3 is 0 Å². The van der Waals surface area contributed by atoms with Gasteiger partial charge in [0.1, 0.15) is 0 Å². The van der Waals surface area contributed by atoms with E-state index in [-0.39, 0.29) is 0 Å². The lowest BCUT2D eigenvalue weighted by atomic mass is 10.0. The van der Waals surface area contributed by atoms with Crippen LogP contribution < -0.4 is 0 Å². The monoisotopic (exact) mass is 316 g/mol. The first-order valence-corrected chi connectivity index (χ1v) is 9.32. The fourth-order valence-corrected chi connectivity index (χ4v) is 1.75. The smallest absolute Gasteiger partial charge is 0.0238 e. The Balaban J connectivity index is -0.000000595. The Bertz CT molecular complexity index is 391. The standard InChI is InChI=1S/C17H22.3C2H6/c1-4-7-8-15(5-2)9-12-17-13-10-16(6-3)11-14-17;3*1-2/h4-5,7-8,10-11,13-14H,1,6,9,12H2,2-3H3;3*1-2H3/b8-7-,15-5+;;;. The summed E-state index contributed by atoms with van der Waals surface area (Å²) < 4.78 is 0. The maximum atomic E-state index is 3.69. The van der Waals surface area contributed by atoms with Crippen LogP contribution in [-0.2, 0) is 12.8 Å². The van der Waals surface area contributed by atoms with Gasteiger partial charge in [0.25, 0.3) is 0 Å². The summed E-state index contributed by atoms with van der Waals surface area (Å²) in [5.41, 5.74) is 4.18. The minimum absolute atomic E-state index is 1.09. The SMILES string of the molecule is C=C/C=C\C(=C/C)CCc1ccc(CC)cc1.CC.CC.CC. The number of allylic oxidation sites excluding steroid dienone is 5. The molecule has 0 saturated carbocycles. The van der Waals surface area contributed by atoms with Crippen LogP contribution in [-0.4, -0.2) is 0 Å². The van der Waals surface area contributed by atoms with Gasteiger partial charge in [0.05, 0.1) is 0 Å². The van der Waals surface area contributed by atoms with E-state index in [0.29, 0.717) is 0 Å². The van der Waals surface area contributed by atoms with Gasteiger partial charge in [-0.1, -0.05) is 109 Å². The van der Waals surface area contributed by atoms with Crippen molar-refractivity contribution in [2.24, 2.45) is 0 Å². The molecule has 1 rings (SSSR count). The largest absolute Gasteiger partial charge is 0.0991 e. The van der Waals surface area contributed by atoms with Crippen LogP contribution in [0.2, 0.25) is 0 Å². The summed E-state index contributed by atoms with van der Waals surface area (Å²) in [5, 5.41) is 0. The van der Waals surface area contributed by atoms with E-state index in [9.17, 15) is 0 Å². The molecule has 0 heterocycles. The Morgan fingerprint density at radius 1 is 0.913 bits per heavy atom. The highest BCUT2D eigenvalue weighted by Gasteiger charge is 1.96. The molecule has 0 aliphatic heterocycles. The molecule has 0 bridgehead atoms. The Morgan fingerprint density at radius 3 is 1.78 bits per heavy atom. The van der Waals surface area contributed by atoms with Gasteiger partial charge in [-0.3, -0.25) is 0 Å². The molecule has 0 heteroatoms. The predicted octanol–water partition coefficient (Wildman–Crippen LogP) is 7.95. The van der Waals surface area contributed by atoms with E-state index < -0.39 is 0 Å². The van der Waals surface area contributed by atoms with Crippen molar-refractivity contribution in [1.29, 1.82) is 0 Å². The second kappa shape index (κ2) is 22.7. The maximum absolute atomic E-state index is 3.69. The van der Waals surface area contributed by atoms with Crippen LogP contribution in [0.3, 0.4) is 0 Å². The lowest BCUT2D eigenvalue weighted by molar-refractivity contribution is 0.959. The van der Waals surface area contributed by atoms with Gasteiger partial charge in [-0.15, -0.1) is 0 Å². The van der Waals surface area contributed by atoms with Crippen LogP contribution in [0, 0.1) is 0 Å². The Kier molecular flexibility index (Phi) is 26.0. The van der Waals surface area contributed by atoms with Gasteiger partial charge in [-0.2, -0.15) is 0 Å². The van der Waals surface area contributed by atoms with Crippen molar-refractivity contribution >= 4 is 0 Å². The van der Waals surface area contributed by atoms with Crippen LogP contribution in [0.15, 0.2) is 60.7 Å². The van der Waals surface area contributed by atoms with Crippen LogP contribution in [0.25, 0.3) is 0 Å². The first-order valence-electron chi connectivity index (χ1n) is 9.32. The Labute approximate surface area is 147 Å². The van der Waals surface area contributed by atoms with Gasteiger partial charge in [-0.05, 0) is 37.3 Å². The number of aryl methyl sites for hydroxylation is 2. The molecule has 0 fully saturated rings. The molecule has 0 aromatic heterocycles. The van der Waals surface area contributed by atoms with Crippen molar-refractivity contribution < 1.29 is 0 Å². The third-order valence-electron chi connectivity index (χ3n) is 2.95. The van der Waals surface area contributed by atoms with Crippen LogP contribution >= 0.6 is 0 Å². The third-order valence-corrected chi connectivity index (χ3v) is 2.95. The summed E-state index contributed by atoms with van der Waals surface area (Å²) in [6, 6.07) is 8.93. The minimum Gasteiger partial charge on any atom is -0.0991 e. The van der Waals surface area contributed by atoms with Gasteiger partial charge in [-0.25, -0.2) is 0 Å². The fraction of sp³-hybridized carbons (Fsp3) is 0.478. The average Bonchev–Trinajstić information content (AvgIpc) is 2.67. The summed E-state index contributed by atoms with van der Waals surface area (Å²) in [7, 11) is 0. The second-order valence-corrected chi connectivity index (χ2v) is 4.13. The summed E-state index contributed by atoms with van der Waals surface area (Å²) in [5.74, 6) is 0. The van der Waals surface area contributed by atoms with E-state index in [1.54, 1.807) is 0 Å². The zero-order valence-corrected chi connectivity index (χ0v) is 16.9. The average molecular weight is 317 g/mol. The van der Waals surface area contributed by atoms with Gasteiger partial charge in [0.15, 0.2) is 0 Å². The van der Waals surface area contributed by atoms with Crippen molar-refractivity contribution in [3.63, 3.8) is 0 Å². The minimum atomic E-state index is 1.09. The number of benzene rings is 1. The lowest BCUT2D eigenvalue weighted by Crippen LogP contribution is -1.88. The molecule has 1 aromatic carbocycles. The highest BCUT2D eigenvalue weighted by Crippen LogP contribution is 2.12. The van der Waals surface area contributed by atoms with Crippen molar-refractivity contribution in [1.82, 2.24) is 0 Å². The summed E-state index contributed by atoms with van der Waals surface area (Å²) in [6.07, 6.45) is 11.4. The molecule has 132 valence electrons. The fourth-order valence-electron chi connectivity index (χ4n) is 1.75. The highest BCUT2D eigenvalue weighted by atomic mass is 14.0. The topological polar surface area (TPSA) is 0 Å². The number of rotatable bonds is 6. The second-order valence-electron chi connectivity index (χ2n) is 4.13. The normalized spacial score (nSPS) is 9.65. The molecule has 0 N–H and O–H groups in total. The Hall–Kier alpha value is -1.56. The molecular formula is C23H40. The predicted molar refractivity (Wildman–Crippen MR) is 111 cm³/mol. The first kappa shape index (κ1) is 26.3. The molecule has 0 spiro atoms. The highest BCUT2D eigenvalue weighted by molar-refractivity contribution is 5.26. The van der Waals surface area contributed by atoms with E-state index in [0.717, 1.165) is 19.3 Å². The molecule has 0 nitrogen and oxygen atoms in total. The van der Waals surface area contributed by atoms with Gasteiger partial charge in [0, 0.05) is 0 Å². The van der Waals surface area contributed by atoms with E-state index in [1.165, 1.54) is 16.7 Å². The molecular weight excluding hydrogens is 276 g/mol. The van der Waals surface area contributed by atoms with E-state index in [2.05, 4.69) is 56.8 Å². The summed E-state index contributed by atoms with van der Waals surface area (Å²) in [4.78, 5) is 0. The maximum Gasteiger partial charge on any atom is -0.0238 e. The molecule has 0 radical (unpaired) electrons. The van der Waals surface area contributed by atoms with Crippen LogP contribution in [0.1, 0.15) is 72.9 Å². The summed E-state index contributed by atoms with van der Waals surface area (Å²) in [6.45, 7) is 20.0. The third kappa shape index (κ3) is 15.1. The zero-order chi connectivity index (χ0) is 18.5. The lowest BCUT2D eigenvalue weighted by Gasteiger charge is -2.04. The van der Waals surface area contributed by atoms with Crippen molar-refractivity contribution in [2.75, 3.05) is 0 Å². The van der Waals surface area contributed by atoms with Gasteiger partial charge in [0.2, 0.25) is 0 Å². The zero-order valence-electron chi connectivity index (χ0n) is 16.9. The molecule has 0 aliphatic carbocycles. The van der Waals surface area contributed by atoms with Gasteiger partial charge >= 0.3 is 0 Å². The molecule has 0 unspecified atom stereocenters. The molecule has 1 aromatic rings. The molecule has 0 aliphatic rings. The van der Waals surface area contributed by atoms with E-state index >= 15 is 0 Å². The number of hydrogen-bond acceptors (Lipinski definition) is 0. The quantitative estimate of drug-likeness (QED) is 0.467. The van der Waals surface area contributed by atoms with E-state index in [1.807, 2.05) is 53.7 Å². The molecule has 0 atom stereocenters. The van der Waals surface area contributed by atoms with Crippen LogP contribution in [0.4, 0.5) is 0 Å².